The van der Waals surface area contributed by atoms with Gasteiger partial charge in [-0.3, -0.25) is 10.1 Å². The van der Waals surface area contributed by atoms with Gasteiger partial charge < -0.3 is 14.4 Å². The van der Waals surface area contributed by atoms with Crippen LogP contribution in [0.3, 0.4) is 0 Å². The van der Waals surface area contributed by atoms with Crippen LogP contribution in [0.1, 0.15) is 0 Å². The molecule has 1 fully saturated rings. The van der Waals surface area contributed by atoms with Crippen LogP contribution in [0.25, 0.3) is 0 Å². The molecule has 6 nitrogen and oxygen atoms in total. The van der Waals surface area contributed by atoms with Gasteiger partial charge in [-0.25, -0.2) is 0 Å². The number of nitro benzene ring substituents is 1. The van der Waals surface area contributed by atoms with E-state index in [0.717, 1.165) is 12.2 Å². The van der Waals surface area contributed by atoms with Crippen LogP contribution in [0, 0.1) is 10.1 Å². The zero-order chi connectivity index (χ0) is 11.8. The van der Waals surface area contributed by atoms with Crippen molar-refractivity contribution >= 4 is 11.4 Å². The molecule has 17 heavy (non-hydrogen) atoms. The Kier molecular flexibility index (Phi) is 2.36. The van der Waals surface area contributed by atoms with Gasteiger partial charge in [-0.1, -0.05) is 0 Å². The molecule has 0 unspecified atom stereocenters. The second-order valence-electron chi connectivity index (χ2n) is 4.14. The largest absolute Gasteiger partial charge is 0.489 e. The average molecular weight is 236 g/mol. The third kappa shape index (κ3) is 1.70. The summed E-state index contributed by atoms with van der Waals surface area (Å²) in [4.78, 5) is 12.5. The van der Waals surface area contributed by atoms with Gasteiger partial charge in [0.25, 0.3) is 5.69 Å². The first-order valence-electron chi connectivity index (χ1n) is 5.51. The Hall–Kier alpha value is -1.82. The van der Waals surface area contributed by atoms with Gasteiger partial charge >= 0.3 is 0 Å². The van der Waals surface area contributed by atoms with Crippen molar-refractivity contribution in [3.63, 3.8) is 0 Å². The van der Waals surface area contributed by atoms with E-state index < -0.39 is 4.92 Å². The highest BCUT2D eigenvalue weighted by Gasteiger charge is 2.31. The highest BCUT2D eigenvalue weighted by Crippen LogP contribution is 2.37. The van der Waals surface area contributed by atoms with Crippen molar-refractivity contribution in [2.24, 2.45) is 0 Å². The van der Waals surface area contributed by atoms with Gasteiger partial charge in [0, 0.05) is 12.6 Å². The lowest BCUT2D eigenvalue weighted by Gasteiger charge is -2.41. The summed E-state index contributed by atoms with van der Waals surface area (Å²) < 4.78 is 10.9. The molecule has 2 aliphatic heterocycles. The van der Waals surface area contributed by atoms with Crippen molar-refractivity contribution in [2.75, 3.05) is 31.3 Å². The van der Waals surface area contributed by atoms with E-state index in [1.165, 1.54) is 12.1 Å². The molecule has 1 aromatic rings. The second-order valence-corrected chi connectivity index (χ2v) is 4.14. The van der Waals surface area contributed by atoms with Crippen LogP contribution < -0.4 is 9.64 Å². The Balaban J connectivity index is 1.97. The lowest BCUT2D eigenvalue weighted by Crippen LogP contribution is -2.51. The summed E-state index contributed by atoms with van der Waals surface area (Å²) in [5, 5.41) is 10.7. The lowest BCUT2D eigenvalue weighted by atomic mass is 10.1. The van der Waals surface area contributed by atoms with E-state index in [4.69, 9.17) is 9.47 Å². The van der Waals surface area contributed by atoms with Crippen LogP contribution in [-0.2, 0) is 4.74 Å². The number of ether oxygens (including phenoxy) is 2. The van der Waals surface area contributed by atoms with Gasteiger partial charge in [0.2, 0.25) is 0 Å². The third-order valence-electron chi connectivity index (χ3n) is 3.12. The predicted octanol–water partition coefficient (Wildman–Crippen LogP) is 1.19. The van der Waals surface area contributed by atoms with Crippen molar-refractivity contribution < 1.29 is 14.4 Å². The molecule has 0 aromatic heterocycles. The van der Waals surface area contributed by atoms with Crippen LogP contribution in [0.4, 0.5) is 11.4 Å². The Morgan fingerprint density at radius 3 is 3.12 bits per heavy atom. The molecule has 0 aliphatic carbocycles. The predicted molar refractivity (Wildman–Crippen MR) is 60.5 cm³/mol. The number of non-ortho nitro benzene ring substituents is 1. The molecular formula is C11H12N2O4. The van der Waals surface area contributed by atoms with E-state index in [2.05, 4.69) is 4.90 Å². The second kappa shape index (κ2) is 3.89. The molecule has 0 bridgehead atoms. The first-order chi connectivity index (χ1) is 8.25. The molecule has 1 aromatic carbocycles. The molecule has 2 heterocycles. The number of anilines is 1. The molecular weight excluding hydrogens is 224 g/mol. The smallest absolute Gasteiger partial charge is 0.273 e. The number of nitrogens with zero attached hydrogens (tertiary/aromatic N) is 2. The SMILES string of the molecule is O=[N+]([O-])c1ccc2c(c1)OC[C@H]1COCCN21. The molecule has 0 spiro atoms. The highest BCUT2D eigenvalue weighted by molar-refractivity contribution is 5.64. The van der Waals surface area contributed by atoms with Crippen molar-refractivity contribution in [1.29, 1.82) is 0 Å². The van der Waals surface area contributed by atoms with E-state index in [1.54, 1.807) is 6.07 Å². The number of hydrogen-bond donors (Lipinski definition) is 0. The summed E-state index contributed by atoms with van der Waals surface area (Å²) in [5.41, 5.74) is 0.991. The fraction of sp³-hybridized carbons (Fsp3) is 0.455. The third-order valence-corrected chi connectivity index (χ3v) is 3.12. The first kappa shape index (κ1) is 10.3. The Bertz CT molecular complexity index is 463. The summed E-state index contributed by atoms with van der Waals surface area (Å²) in [6.07, 6.45) is 0. The zero-order valence-electron chi connectivity index (χ0n) is 9.17. The van der Waals surface area contributed by atoms with Crippen LogP contribution in [0.2, 0.25) is 0 Å². The van der Waals surface area contributed by atoms with Crippen LogP contribution >= 0.6 is 0 Å². The van der Waals surface area contributed by atoms with Crippen molar-refractivity contribution in [1.82, 2.24) is 0 Å². The summed E-state index contributed by atoms with van der Waals surface area (Å²) in [6, 6.07) is 4.98. The molecule has 0 N–H and O–H groups in total. The normalized spacial score (nSPS) is 22.4. The monoisotopic (exact) mass is 236 g/mol. The molecule has 0 saturated carbocycles. The summed E-state index contributed by atoms with van der Waals surface area (Å²) >= 11 is 0. The van der Waals surface area contributed by atoms with Gasteiger partial charge in [-0.05, 0) is 6.07 Å². The van der Waals surface area contributed by atoms with Gasteiger partial charge in [0.15, 0.2) is 0 Å². The maximum Gasteiger partial charge on any atom is 0.273 e. The number of morpholine rings is 1. The molecule has 90 valence electrons. The molecule has 1 saturated heterocycles. The van der Waals surface area contributed by atoms with E-state index >= 15 is 0 Å². The van der Waals surface area contributed by atoms with Crippen molar-refractivity contribution in [3.8, 4) is 5.75 Å². The Labute approximate surface area is 97.9 Å². The van der Waals surface area contributed by atoms with Crippen molar-refractivity contribution in [3.05, 3.63) is 28.3 Å². The minimum absolute atomic E-state index is 0.0652. The molecule has 2 aliphatic rings. The van der Waals surface area contributed by atoms with E-state index in [0.29, 0.717) is 25.6 Å². The molecule has 6 heteroatoms. The number of nitro groups is 1. The van der Waals surface area contributed by atoms with Gasteiger partial charge in [0.1, 0.15) is 12.4 Å². The van der Waals surface area contributed by atoms with Crippen LogP contribution in [-0.4, -0.2) is 37.3 Å². The fourth-order valence-corrected chi connectivity index (χ4v) is 2.27. The van der Waals surface area contributed by atoms with Crippen LogP contribution in [0.15, 0.2) is 18.2 Å². The van der Waals surface area contributed by atoms with E-state index in [9.17, 15) is 10.1 Å². The standard InChI is InChI=1S/C11H12N2O4/c14-13(15)8-1-2-10-11(5-8)17-7-9-6-16-4-3-12(9)10/h1-2,5,9H,3-4,6-7H2/t9-/m1/s1. The fourth-order valence-electron chi connectivity index (χ4n) is 2.27. The summed E-state index contributed by atoms with van der Waals surface area (Å²) in [6.45, 7) is 2.66. The summed E-state index contributed by atoms with van der Waals surface area (Å²) in [5.74, 6) is 0.595. The van der Waals surface area contributed by atoms with Gasteiger partial charge in [-0.2, -0.15) is 0 Å². The van der Waals surface area contributed by atoms with Crippen molar-refractivity contribution in [2.45, 2.75) is 6.04 Å². The number of rotatable bonds is 1. The average Bonchev–Trinajstić information content (AvgIpc) is 2.38. The van der Waals surface area contributed by atoms with E-state index in [-0.39, 0.29) is 11.7 Å². The highest BCUT2D eigenvalue weighted by atomic mass is 16.6. The minimum Gasteiger partial charge on any atom is -0.489 e. The molecule has 0 radical (unpaired) electrons. The number of fused-ring (bicyclic) bond motifs is 3. The molecule has 1 atom stereocenters. The first-order valence-corrected chi connectivity index (χ1v) is 5.51. The van der Waals surface area contributed by atoms with Gasteiger partial charge in [0.05, 0.1) is 35.9 Å². The summed E-state index contributed by atoms with van der Waals surface area (Å²) in [7, 11) is 0. The molecule has 0 amide bonds. The Morgan fingerprint density at radius 1 is 1.41 bits per heavy atom. The number of hydrogen-bond acceptors (Lipinski definition) is 5. The molecule has 3 rings (SSSR count). The van der Waals surface area contributed by atoms with Crippen LogP contribution in [0.5, 0.6) is 5.75 Å². The number of benzene rings is 1. The van der Waals surface area contributed by atoms with E-state index in [1.807, 2.05) is 0 Å². The quantitative estimate of drug-likeness (QED) is 0.541. The van der Waals surface area contributed by atoms with Gasteiger partial charge in [-0.15, -0.1) is 0 Å². The zero-order valence-corrected chi connectivity index (χ0v) is 9.17. The topological polar surface area (TPSA) is 64.8 Å². The maximum atomic E-state index is 10.7. The lowest BCUT2D eigenvalue weighted by molar-refractivity contribution is -0.384. The minimum atomic E-state index is -0.408. The Morgan fingerprint density at radius 2 is 2.29 bits per heavy atom. The maximum absolute atomic E-state index is 10.7.